The number of carbonyl (C=O) groups is 1. The molecule has 21 heavy (non-hydrogen) atoms. The Morgan fingerprint density at radius 1 is 0.762 bits per heavy atom. The quantitative estimate of drug-likeness (QED) is 0.245. The van der Waals surface area contributed by atoms with Crippen LogP contribution in [-0.2, 0) is 9.53 Å². The van der Waals surface area contributed by atoms with Crippen molar-refractivity contribution in [3.8, 4) is 0 Å². The summed E-state index contributed by atoms with van der Waals surface area (Å²) in [5.74, 6) is -0.116. The van der Waals surface area contributed by atoms with E-state index in [1.165, 1.54) is 26.4 Å². The van der Waals surface area contributed by atoms with Crippen molar-refractivity contribution in [3.05, 3.63) is 36.5 Å². The number of rotatable bonds is 13. The zero-order chi connectivity index (χ0) is 15.6. The number of methoxy groups -OCH3 is 1. The Bertz CT molecular complexity index is 314. The summed E-state index contributed by atoms with van der Waals surface area (Å²) in [7, 11) is 1.44. The van der Waals surface area contributed by atoms with E-state index in [1.54, 1.807) is 0 Å². The van der Waals surface area contributed by atoms with Crippen LogP contribution >= 0.6 is 0 Å². The average molecular weight is 292 g/mol. The van der Waals surface area contributed by atoms with Crippen LogP contribution in [0.2, 0.25) is 0 Å². The van der Waals surface area contributed by atoms with Gasteiger partial charge in [0.2, 0.25) is 0 Å². The lowest BCUT2D eigenvalue weighted by Crippen LogP contribution is -1.98. The third-order valence-electron chi connectivity index (χ3n) is 3.20. The number of unbranched alkanes of at least 4 members (excludes halogenated alkanes) is 5. The topological polar surface area (TPSA) is 26.3 Å². The maximum absolute atomic E-state index is 10.9. The van der Waals surface area contributed by atoms with Crippen LogP contribution in [0.4, 0.5) is 0 Å². The summed E-state index contributed by atoms with van der Waals surface area (Å²) >= 11 is 0. The normalized spacial score (nSPS) is 11.9. The molecule has 0 fully saturated rings. The van der Waals surface area contributed by atoms with E-state index in [2.05, 4.69) is 48.1 Å². The van der Waals surface area contributed by atoms with Gasteiger partial charge in [0.25, 0.3) is 0 Å². The van der Waals surface area contributed by atoms with Gasteiger partial charge < -0.3 is 4.74 Å². The van der Waals surface area contributed by atoms with E-state index in [1.807, 2.05) is 0 Å². The molecule has 0 aromatic heterocycles. The van der Waals surface area contributed by atoms with Crippen molar-refractivity contribution in [2.24, 2.45) is 0 Å². The molecule has 0 aliphatic heterocycles. The molecular weight excluding hydrogens is 260 g/mol. The van der Waals surface area contributed by atoms with Gasteiger partial charge in [0.05, 0.1) is 7.11 Å². The van der Waals surface area contributed by atoms with Gasteiger partial charge in [-0.1, -0.05) is 56.2 Å². The van der Waals surface area contributed by atoms with Gasteiger partial charge >= 0.3 is 5.97 Å². The van der Waals surface area contributed by atoms with Crippen LogP contribution in [0.15, 0.2) is 36.5 Å². The van der Waals surface area contributed by atoms with Crippen molar-refractivity contribution in [2.45, 2.75) is 71.1 Å². The maximum Gasteiger partial charge on any atom is 0.305 e. The molecule has 0 radical (unpaired) electrons. The molecule has 120 valence electrons. The van der Waals surface area contributed by atoms with Gasteiger partial charge in [-0.15, -0.1) is 0 Å². The van der Waals surface area contributed by atoms with Crippen LogP contribution in [-0.4, -0.2) is 13.1 Å². The molecule has 0 N–H and O–H groups in total. The van der Waals surface area contributed by atoms with E-state index in [4.69, 9.17) is 0 Å². The minimum absolute atomic E-state index is 0.116. The standard InChI is InChI=1S/C19H32O2/c1-3-4-5-6-7-8-9-10-11-12-13-14-15-16-17-18-19(20)21-2/h6-7,10-11,14-15H,3-5,8-9,12-13,16-18H2,1-2H3/b7-6+,11-10+,15-14+. The van der Waals surface area contributed by atoms with Crippen molar-refractivity contribution in [3.63, 3.8) is 0 Å². The maximum atomic E-state index is 10.9. The Morgan fingerprint density at radius 3 is 1.62 bits per heavy atom. The summed E-state index contributed by atoms with van der Waals surface area (Å²) in [4.78, 5) is 10.9. The SMILES string of the molecule is CCCC/C=C/CC/C=C/CC/C=C/CCCC(=O)OC. The third-order valence-corrected chi connectivity index (χ3v) is 3.20. The summed E-state index contributed by atoms with van der Waals surface area (Å²) in [6, 6.07) is 0. The highest BCUT2D eigenvalue weighted by Crippen LogP contribution is 2.02. The highest BCUT2D eigenvalue weighted by molar-refractivity contribution is 5.68. The minimum atomic E-state index is -0.116. The summed E-state index contributed by atoms with van der Waals surface area (Å²) in [6.45, 7) is 2.23. The molecule has 0 aliphatic rings. The number of allylic oxidation sites excluding steroid dienone is 6. The molecular formula is C19H32O2. The Balaban J connectivity index is 3.31. The number of hydrogen-bond acceptors (Lipinski definition) is 2. The van der Waals surface area contributed by atoms with Gasteiger partial charge in [-0.2, -0.15) is 0 Å². The second-order valence-electron chi connectivity index (χ2n) is 5.18. The summed E-state index contributed by atoms with van der Waals surface area (Å²) in [5.41, 5.74) is 0. The zero-order valence-corrected chi connectivity index (χ0v) is 13.9. The fourth-order valence-electron chi connectivity index (χ4n) is 1.88. The Labute approximate surface area is 131 Å². The highest BCUT2D eigenvalue weighted by atomic mass is 16.5. The van der Waals surface area contributed by atoms with Gasteiger partial charge in [-0.25, -0.2) is 0 Å². The number of ether oxygens (including phenoxy) is 1. The molecule has 0 saturated heterocycles. The Morgan fingerprint density at radius 2 is 1.19 bits per heavy atom. The van der Waals surface area contributed by atoms with Gasteiger partial charge in [0.15, 0.2) is 0 Å². The van der Waals surface area contributed by atoms with Crippen molar-refractivity contribution in [1.29, 1.82) is 0 Å². The van der Waals surface area contributed by atoms with Crippen LogP contribution < -0.4 is 0 Å². The van der Waals surface area contributed by atoms with Crippen molar-refractivity contribution < 1.29 is 9.53 Å². The second-order valence-corrected chi connectivity index (χ2v) is 5.18. The molecule has 0 aromatic carbocycles. The fraction of sp³-hybridized carbons (Fsp3) is 0.632. The van der Waals surface area contributed by atoms with Crippen LogP contribution in [0.25, 0.3) is 0 Å². The van der Waals surface area contributed by atoms with Crippen LogP contribution in [0.3, 0.4) is 0 Å². The molecule has 0 aromatic rings. The first kappa shape index (κ1) is 19.7. The lowest BCUT2D eigenvalue weighted by Gasteiger charge is -1.95. The lowest BCUT2D eigenvalue weighted by molar-refractivity contribution is -0.140. The van der Waals surface area contributed by atoms with Crippen molar-refractivity contribution in [1.82, 2.24) is 0 Å². The average Bonchev–Trinajstić information content (AvgIpc) is 2.50. The molecule has 0 heterocycles. The highest BCUT2D eigenvalue weighted by Gasteiger charge is 1.96. The predicted molar refractivity (Wildman–Crippen MR) is 91.3 cm³/mol. The molecule has 0 rings (SSSR count). The van der Waals surface area contributed by atoms with Gasteiger partial charge in [-0.05, 0) is 44.9 Å². The first-order valence-electron chi connectivity index (χ1n) is 8.33. The molecule has 2 heteroatoms. The van der Waals surface area contributed by atoms with Crippen molar-refractivity contribution >= 4 is 5.97 Å². The van der Waals surface area contributed by atoms with Gasteiger partial charge in [0.1, 0.15) is 0 Å². The first-order chi connectivity index (χ1) is 10.3. The van der Waals surface area contributed by atoms with Gasteiger partial charge in [0, 0.05) is 6.42 Å². The summed E-state index contributed by atoms with van der Waals surface area (Å²) in [6.07, 6.45) is 24.1. The van der Waals surface area contributed by atoms with Crippen LogP contribution in [0.1, 0.15) is 71.1 Å². The second kappa shape index (κ2) is 16.7. The predicted octanol–water partition coefficient (Wildman–Crippen LogP) is 5.75. The van der Waals surface area contributed by atoms with Crippen LogP contribution in [0.5, 0.6) is 0 Å². The molecule has 0 bridgehead atoms. The molecule has 0 aliphatic carbocycles. The smallest absolute Gasteiger partial charge is 0.305 e. The Hall–Kier alpha value is -1.31. The fourth-order valence-corrected chi connectivity index (χ4v) is 1.88. The van der Waals surface area contributed by atoms with E-state index >= 15 is 0 Å². The molecule has 0 spiro atoms. The van der Waals surface area contributed by atoms with E-state index in [-0.39, 0.29) is 5.97 Å². The zero-order valence-electron chi connectivity index (χ0n) is 13.9. The van der Waals surface area contributed by atoms with E-state index < -0.39 is 0 Å². The minimum Gasteiger partial charge on any atom is -0.469 e. The largest absolute Gasteiger partial charge is 0.469 e. The molecule has 0 unspecified atom stereocenters. The monoisotopic (exact) mass is 292 g/mol. The van der Waals surface area contributed by atoms with Gasteiger partial charge in [-0.3, -0.25) is 4.79 Å². The van der Waals surface area contributed by atoms with E-state index in [0.29, 0.717) is 6.42 Å². The Kier molecular flexibility index (Phi) is 15.7. The third kappa shape index (κ3) is 16.6. The number of esters is 1. The molecule has 2 nitrogen and oxygen atoms in total. The molecule has 0 saturated carbocycles. The lowest BCUT2D eigenvalue weighted by atomic mass is 10.2. The molecule has 0 amide bonds. The first-order valence-corrected chi connectivity index (χ1v) is 8.33. The number of hydrogen-bond donors (Lipinski definition) is 0. The van der Waals surface area contributed by atoms with E-state index in [0.717, 1.165) is 38.5 Å². The summed E-state index contributed by atoms with van der Waals surface area (Å²) < 4.78 is 4.59. The number of carbonyl (C=O) groups excluding carboxylic acids is 1. The van der Waals surface area contributed by atoms with Crippen LogP contribution in [0, 0.1) is 0 Å². The molecule has 0 atom stereocenters. The summed E-state index contributed by atoms with van der Waals surface area (Å²) in [5, 5.41) is 0. The van der Waals surface area contributed by atoms with Crippen molar-refractivity contribution in [2.75, 3.05) is 7.11 Å². The van der Waals surface area contributed by atoms with E-state index in [9.17, 15) is 4.79 Å².